The van der Waals surface area contributed by atoms with E-state index in [-0.39, 0.29) is 25.2 Å². The fraction of sp³-hybridized carbons (Fsp3) is 0.800. The smallest absolute Gasteiger partial charge is 0.405 e. The van der Waals surface area contributed by atoms with Crippen LogP contribution in [0.1, 0.15) is 19.3 Å². The van der Waals surface area contributed by atoms with Gasteiger partial charge in [0.2, 0.25) is 0 Å². The zero-order valence-electron chi connectivity index (χ0n) is 8.63. The van der Waals surface area contributed by atoms with Crippen molar-refractivity contribution in [3.63, 3.8) is 0 Å². The van der Waals surface area contributed by atoms with Crippen molar-refractivity contribution in [3.05, 3.63) is 0 Å². The minimum Gasteiger partial charge on any atom is -0.468 e. The molecule has 0 radical (unpaired) electrons. The Labute approximate surface area is 89.9 Å². The Morgan fingerprint density at radius 3 is 2.50 bits per heavy atom. The highest BCUT2D eigenvalue weighted by atomic mass is 19.4. The van der Waals surface area contributed by atoms with Gasteiger partial charge in [0.1, 0.15) is 5.78 Å². The number of rotatable bonds is 1. The van der Waals surface area contributed by atoms with E-state index >= 15 is 0 Å². The summed E-state index contributed by atoms with van der Waals surface area (Å²) in [5.74, 6) is -3.33. The summed E-state index contributed by atoms with van der Waals surface area (Å²) < 4.78 is 43.3. The van der Waals surface area contributed by atoms with Gasteiger partial charge in [-0.05, 0) is 18.8 Å². The van der Waals surface area contributed by atoms with Crippen molar-refractivity contribution in [2.45, 2.75) is 25.4 Å². The second-order valence-electron chi connectivity index (χ2n) is 4.49. The predicted molar refractivity (Wildman–Crippen MR) is 46.3 cm³/mol. The molecule has 6 heteroatoms. The molecule has 0 aromatic rings. The lowest BCUT2D eigenvalue weighted by atomic mass is 9.72. The first kappa shape index (κ1) is 11.4. The summed E-state index contributed by atoms with van der Waals surface area (Å²) in [5.41, 5.74) is -2.58. The van der Waals surface area contributed by atoms with E-state index < -0.39 is 29.3 Å². The molecule has 2 saturated carbocycles. The van der Waals surface area contributed by atoms with Crippen molar-refractivity contribution in [2.24, 2.45) is 17.3 Å². The summed E-state index contributed by atoms with van der Waals surface area (Å²) in [6.07, 6.45) is -4.69. The topological polar surface area (TPSA) is 43.4 Å². The maximum absolute atomic E-state index is 13.0. The van der Waals surface area contributed by atoms with Gasteiger partial charge in [0.25, 0.3) is 0 Å². The van der Waals surface area contributed by atoms with Crippen molar-refractivity contribution in [1.82, 2.24) is 0 Å². The van der Waals surface area contributed by atoms with E-state index in [1.165, 1.54) is 0 Å². The largest absolute Gasteiger partial charge is 0.468 e. The number of carbonyl (C=O) groups is 2. The summed E-state index contributed by atoms with van der Waals surface area (Å²) >= 11 is 0. The third-order valence-electron chi connectivity index (χ3n) is 3.71. The molecular formula is C10H11F3O3. The van der Waals surface area contributed by atoms with Crippen molar-refractivity contribution < 1.29 is 27.5 Å². The van der Waals surface area contributed by atoms with Gasteiger partial charge in [0.15, 0.2) is 5.41 Å². The van der Waals surface area contributed by atoms with Gasteiger partial charge in [0, 0.05) is 12.3 Å². The van der Waals surface area contributed by atoms with Gasteiger partial charge in [-0.15, -0.1) is 0 Å². The molecule has 0 heterocycles. The van der Waals surface area contributed by atoms with Crippen molar-refractivity contribution in [3.8, 4) is 0 Å². The number of esters is 1. The molecule has 2 aliphatic carbocycles. The summed E-state index contributed by atoms with van der Waals surface area (Å²) in [5, 5.41) is 0. The van der Waals surface area contributed by atoms with E-state index in [0.717, 1.165) is 7.11 Å². The summed E-state index contributed by atoms with van der Waals surface area (Å²) in [4.78, 5) is 22.8. The number of halogens is 3. The van der Waals surface area contributed by atoms with Gasteiger partial charge >= 0.3 is 12.1 Å². The number of ether oxygens (including phenoxy) is 1. The minimum atomic E-state index is -4.71. The Bertz CT molecular complexity index is 350. The zero-order valence-corrected chi connectivity index (χ0v) is 8.63. The SMILES string of the molecule is COC(=O)[C@]1(C(F)(F)F)C[C@@H]2CC(=O)[C@H]1C2. The molecule has 0 aromatic carbocycles. The van der Waals surface area contributed by atoms with Gasteiger partial charge in [-0.1, -0.05) is 0 Å². The Morgan fingerprint density at radius 2 is 2.12 bits per heavy atom. The molecular weight excluding hydrogens is 225 g/mol. The normalized spacial score (nSPS) is 37.9. The number of ketones is 1. The first-order chi connectivity index (χ1) is 7.33. The Hall–Kier alpha value is -1.07. The maximum Gasteiger partial charge on any atom is 0.405 e. The molecule has 3 nitrogen and oxygen atoms in total. The lowest BCUT2D eigenvalue weighted by molar-refractivity contribution is -0.244. The standard InChI is InChI=1S/C10H11F3O3/c1-16-8(15)9(10(11,12)13)4-5-2-6(9)7(14)3-5/h5-6H,2-4H2,1H3/t5-,6+,9-/m0/s1. The number of alkyl halides is 3. The van der Waals surface area contributed by atoms with Crippen LogP contribution in [0, 0.1) is 17.3 Å². The molecule has 16 heavy (non-hydrogen) atoms. The van der Waals surface area contributed by atoms with Crippen LogP contribution in [0.4, 0.5) is 13.2 Å². The molecule has 2 fully saturated rings. The van der Waals surface area contributed by atoms with Gasteiger partial charge < -0.3 is 4.74 Å². The van der Waals surface area contributed by atoms with Gasteiger partial charge in [-0.3, -0.25) is 9.59 Å². The molecule has 3 atom stereocenters. The number of hydrogen-bond donors (Lipinski definition) is 0. The minimum absolute atomic E-state index is 0.160. The molecule has 2 bridgehead atoms. The Morgan fingerprint density at radius 1 is 1.50 bits per heavy atom. The molecule has 0 aliphatic heterocycles. The van der Waals surface area contributed by atoms with E-state index in [1.807, 2.05) is 0 Å². The molecule has 0 amide bonds. The lowest BCUT2D eigenvalue weighted by Gasteiger charge is -2.35. The Balaban J connectivity index is 2.45. The van der Waals surface area contributed by atoms with Gasteiger partial charge in [-0.2, -0.15) is 13.2 Å². The van der Waals surface area contributed by atoms with Crippen LogP contribution in [0.3, 0.4) is 0 Å². The third kappa shape index (κ3) is 1.21. The summed E-state index contributed by atoms with van der Waals surface area (Å²) in [7, 11) is 0.923. The summed E-state index contributed by atoms with van der Waals surface area (Å²) in [6, 6.07) is 0. The highest BCUT2D eigenvalue weighted by Crippen LogP contribution is 2.61. The van der Waals surface area contributed by atoms with Crippen LogP contribution in [0.5, 0.6) is 0 Å². The monoisotopic (exact) mass is 236 g/mol. The number of Topliss-reactive ketones (excluding diaryl/α,β-unsaturated/α-hetero) is 1. The molecule has 0 saturated heterocycles. The maximum atomic E-state index is 13.0. The number of fused-ring (bicyclic) bond motifs is 2. The summed E-state index contributed by atoms with van der Waals surface area (Å²) in [6.45, 7) is 0. The van der Waals surface area contributed by atoms with Gasteiger partial charge in [-0.25, -0.2) is 0 Å². The second-order valence-corrected chi connectivity index (χ2v) is 4.49. The van der Waals surface area contributed by atoms with Crippen LogP contribution in [-0.2, 0) is 14.3 Å². The van der Waals surface area contributed by atoms with Crippen molar-refractivity contribution in [2.75, 3.05) is 7.11 Å². The molecule has 0 aromatic heterocycles. The third-order valence-corrected chi connectivity index (χ3v) is 3.71. The van der Waals surface area contributed by atoms with E-state index in [4.69, 9.17) is 0 Å². The predicted octanol–water partition coefficient (Wildman–Crippen LogP) is 1.71. The fourth-order valence-corrected chi connectivity index (χ4v) is 3.04. The van der Waals surface area contributed by atoms with E-state index in [9.17, 15) is 22.8 Å². The average molecular weight is 236 g/mol. The molecule has 90 valence electrons. The fourth-order valence-electron chi connectivity index (χ4n) is 3.04. The van der Waals surface area contributed by atoms with Crippen molar-refractivity contribution >= 4 is 11.8 Å². The molecule has 0 unspecified atom stereocenters. The average Bonchev–Trinajstić information content (AvgIpc) is 2.71. The Kier molecular flexibility index (Phi) is 2.29. The first-order valence-electron chi connectivity index (χ1n) is 5.01. The molecule has 0 N–H and O–H groups in total. The zero-order chi connectivity index (χ0) is 12.1. The van der Waals surface area contributed by atoms with Crippen LogP contribution in [-0.4, -0.2) is 25.0 Å². The van der Waals surface area contributed by atoms with Crippen LogP contribution in [0.2, 0.25) is 0 Å². The van der Waals surface area contributed by atoms with E-state index in [1.54, 1.807) is 0 Å². The van der Waals surface area contributed by atoms with E-state index in [0.29, 0.717) is 0 Å². The van der Waals surface area contributed by atoms with Crippen LogP contribution in [0.15, 0.2) is 0 Å². The highest BCUT2D eigenvalue weighted by molar-refractivity contribution is 5.93. The van der Waals surface area contributed by atoms with Crippen LogP contribution < -0.4 is 0 Å². The molecule has 0 spiro atoms. The van der Waals surface area contributed by atoms with E-state index in [2.05, 4.69) is 4.74 Å². The van der Waals surface area contributed by atoms with Gasteiger partial charge in [0.05, 0.1) is 7.11 Å². The lowest BCUT2D eigenvalue weighted by Crippen LogP contribution is -2.52. The number of carbonyl (C=O) groups excluding carboxylic acids is 2. The molecule has 2 rings (SSSR count). The quantitative estimate of drug-likeness (QED) is 0.651. The van der Waals surface area contributed by atoms with Crippen LogP contribution in [0.25, 0.3) is 0 Å². The first-order valence-corrected chi connectivity index (χ1v) is 5.01. The number of methoxy groups -OCH3 is 1. The van der Waals surface area contributed by atoms with Crippen molar-refractivity contribution in [1.29, 1.82) is 0 Å². The molecule has 2 aliphatic rings. The number of hydrogen-bond acceptors (Lipinski definition) is 3. The highest BCUT2D eigenvalue weighted by Gasteiger charge is 2.72. The second kappa shape index (κ2) is 3.21. The van der Waals surface area contributed by atoms with Crippen LogP contribution >= 0.6 is 0 Å².